The minimum Gasteiger partial charge on any atom is -0.482 e. The number of carbonyl (C=O) groups is 2. The maximum atomic E-state index is 13.6. The summed E-state index contributed by atoms with van der Waals surface area (Å²) >= 11 is 22.5. The lowest BCUT2D eigenvalue weighted by atomic mass is 10.0. The van der Waals surface area contributed by atoms with Gasteiger partial charge in [0.25, 0.3) is 5.91 Å². The van der Waals surface area contributed by atoms with Crippen LogP contribution in [0.5, 0.6) is 5.75 Å². The van der Waals surface area contributed by atoms with Gasteiger partial charge in [-0.1, -0.05) is 94.1 Å². The molecule has 2 amide bonds. The molecule has 3 aromatic rings. The molecule has 0 saturated heterocycles. The van der Waals surface area contributed by atoms with Crippen molar-refractivity contribution < 1.29 is 14.3 Å². The van der Waals surface area contributed by atoms with Gasteiger partial charge in [-0.15, -0.1) is 0 Å². The predicted octanol–water partition coefficient (Wildman–Crippen LogP) is 6.95. The Bertz CT molecular complexity index is 1170. The fraction of sp³-hybridized carbons (Fsp3) is 0.259. The van der Waals surface area contributed by atoms with Gasteiger partial charge < -0.3 is 15.0 Å². The summed E-state index contributed by atoms with van der Waals surface area (Å²) in [5, 5.41) is 4.10. The molecule has 0 aliphatic rings. The molecular formula is C27H26BrCl3N2O3. The third kappa shape index (κ3) is 7.87. The fourth-order valence-corrected chi connectivity index (χ4v) is 4.83. The average molecular weight is 613 g/mol. The molecule has 0 aliphatic heterocycles. The minimum atomic E-state index is -0.817. The summed E-state index contributed by atoms with van der Waals surface area (Å²) in [6.45, 7) is 2.17. The molecule has 0 radical (unpaired) electrons. The van der Waals surface area contributed by atoms with Crippen LogP contribution in [-0.4, -0.2) is 35.9 Å². The quantitative estimate of drug-likeness (QED) is 0.255. The van der Waals surface area contributed by atoms with Crippen LogP contribution < -0.4 is 10.1 Å². The number of rotatable bonds is 11. The summed E-state index contributed by atoms with van der Waals surface area (Å²) in [6.07, 6.45) is 1.07. The van der Waals surface area contributed by atoms with Crippen LogP contribution in [0, 0.1) is 0 Å². The minimum absolute atomic E-state index is 0.0335. The van der Waals surface area contributed by atoms with E-state index in [0.717, 1.165) is 16.5 Å². The van der Waals surface area contributed by atoms with Crippen LogP contribution >= 0.6 is 50.7 Å². The standard InChI is InChI=1S/C27H26BrCl3N2O3/c1-2-13-32-27(35)24(14-18-7-4-3-5-8-18)33(16-20-21(29)9-6-10-22(20)30)26(34)17-36-25-12-11-19(28)15-23(25)31/h3-12,15,24H,2,13-14,16-17H2,1H3,(H,32,35)/t24-/m1/s1. The van der Waals surface area contributed by atoms with Crippen molar-refractivity contribution in [3.05, 3.63) is 97.4 Å². The smallest absolute Gasteiger partial charge is 0.261 e. The number of benzene rings is 3. The summed E-state index contributed by atoms with van der Waals surface area (Å²) < 4.78 is 6.54. The molecule has 3 aromatic carbocycles. The lowest BCUT2D eigenvalue weighted by Gasteiger charge is -2.32. The van der Waals surface area contributed by atoms with E-state index >= 15 is 0 Å². The van der Waals surface area contributed by atoms with Gasteiger partial charge in [0.15, 0.2) is 6.61 Å². The second-order valence-corrected chi connectivity index (χ2v) is 10.2. The van der Waals surface area contributed by atoms with E-state index in [9.17, 15) is 9.59 Å². The molecule has 0 bridgehead atoms. The van der Waals surface area contributed by atoms with E-state index in [2.05, 4.69) is 21.2 Å². The van der Waals surface area contributed by atoms with Crippen LogP contribution in [0.4, 0.5) is 0 Å². The van der Waals surface area contributed by atoms with E-state index in [-0.39, 0.29) is 19.1 Å². The molecule has 9 heteroatoms. The number of carbonyl (C=O) groups excluding carboxylic acids is 2. The number of ether oxygens (including phenoxy) is 1. The van der Waals surface area contributed by atoms with Crippen molar-refractivity contribution in [2.45, 2.75) is 32.4 Å². The molecule has 0 aromatic heterocycles. The van der Waals surface area contributed by atoms with Crippen LogP contribution in [0.3, 0.4) is 0 Å². The number of nitrogens with zero attached hydrogens (tertiary/aromatic N) is 1. The lowest BCUT2D eigenvalue weighted by Crippen LogP contribution is -2.51. The number of halogens is 4. The summed E-state index contributed by atoms with van der Waals surface area (Å²) in [5.41, 5.74) is 1.46. The zero-order chi connectivity index (χ0) is 26.1. The van der Waals surface area contributed by atoms with E-state index in [1.54, 1.807) is 36.4 Å². The largest absolute Gasteiger partial charge is 0.482 e. The zero-order valence-electron chi connectivity index (χ0n) is 19.6. The predicted molar refractivity (Wildman–Crippen MR) is 149 cm³/mol. The van der Waals surface area contributed by atoms with Crippen LogP contribution in [0.25, 0.3) is 0 Å². The van der Waals surface area contributed by atoms with Gasteiger partial charge in [-0.3, -0.25) is 9.59 Å². The third-order valence-corrected chi connectivity index (χ3v) is 6.95. The van der Waals surface area contributed by atoms with Crippen molar-refractivity contribution in [2.75, 3.05) is 13.2 Å². The Morgan fingerprint density at radius 1 is 0.972 bits per heavy atom. The summed E-state index contributed by atoms with van der Waals surface area (Å²) in [7, 11) is 0. The van der Waals surface area contributed by atoms with Crippen LogP contribution in [-0.2, 0) is 22.6 Å². The normalized spacial score (nSPS) is 11.6. The topological polar surface area (TPSA) is 58.6 Å². The number of hydrogen-bond donors (Lipinski definition) is 1. The summed E-state index contributed by atoms with van der Waals surface area (Å²) in [5.74, 6) is -0.310. The molecule has 0 unspecified atom stereocenters. The molecule has 5 nitrogen and oxygen atoms in total. The van der Waals surface area contributed by atoms with Crippen molar-refractivity contribution in [1.29, 1.82) is 0 Å². The Balaban J connectivity index is 1.95. The molecule has 1 atom stereocenters. The number of nitrogens with one attached hydrogen (secondary N) is 1. The van der Waals surface area contributed by atoms with Crippen molar-refractivity contribution in [3.8, 4) is 5.75 Å². The van der Waals surface area contributed by atoms with Crippen molar-refractivity contribution in [1.82, 2.24) is 10.2 Å². The van der Waals surface area contributed by atoms with Crippen LogP contribution in [0.1, 0.15) is 24.5 Å². The zero-order valence-corrected chi connectivity index (χ0v) is 23.5. The molecule has 3 rings (SSSR count). The van der Waals surface area contributed by atoms with E-state index in [1.807, 2.05) is 37.3 Å². The van der Waals surface area contributed by atoms with E-state index < -0.39 is 11.9 Å². The van der Waals surface area contributed by atoms with Gasteiger partial charge in [0.1, 0.15) is 11.8 Å². The van der Waals surface area contributed by atoms with E-state index in [0.29, 0.717) is 39.3 Å². The van der Waals surface area contributed by atoms with Crippen molar-refractivity contribution >= 4 is 62.5 Å². The Morgan fingerprint density at radius 2 is 1.67 bits per heavy atom. The second-order valence-electron chi connectivity index (χ2n) is 8.08. The first kappa shape index (κ1) is 28.3. The number of amides is 2. The maximum Gasteiger partial charge on any atom is 0.261 e. The van der Waals surface area contributed by atoms with Gasteiger partial charge in [-0.2, -0.15) is 0 Å². The monoisotopic (exact) mass is 610 g/mol. The van der Waals surface area contributed by atoms with Gasteiger partial charge in [0.05, 0.1) is 5.02 Å². The van der Waals surface area contributed by atoms with Gasteiger partial charge in [0.2, 0.25) is 5.91 Å². The summed E-state index contributed by atoms with van der Waals surface area (Å²) in [4.78, 5) is 28.4. The molecule has 0 saturated carbocycles. The third-order valence-electron chi connectivity index (χ3n) is 5.46. The molecule has 0 spiro atoms. The maximum absolute atomic E-state index is 13.6. The molecule has 1 N–H and O–H groups in total. The molecular weight excluding hydrogens is 587 g/mol. The molecule has 190 valence electrons. The Hall–Kier alpha value is -2.25. The van der Waals surface area contributed by atoms with Gasteiger partial charge in [-0.25, -0.2) is 0 Å². The Morgan fingerprint density at radius 3 is 2.31 bits per heavy atom. The first-order valence-electron chi connectivity index (χ1n) is 11.4. The molecule has 36 heavy (non-hydrogen) atoms. The highest BCUT2D eigenvalue weighted by molar-refractivity contribution is 9.10. The average Bonchev–Trinajstić information content (AvgIpc) is 2.86. The van der Waals surface area contributed by atoms with Gasteiger partial charge in [-0.05, 0) is 42.3 Å². The molecule has 0 aliphatic carbocycles. The molecule has 0 fully saturated rings. The lowest BCUT2D eigenvalue weighted by molar-refractivity contribution is -0.142. The molecule has 0 heterocycles. The fourth-order valence-electron chi connectivity index (χ4n) is 3.59. The van der Waals surface area contributed by atoms with Crippen LogP contribution in [0.15, 0.2) is 71.2 Å². The van der Waals surface area contributed by atoms with E-state index in [4.69, 9.17) is 39.5 Å². The SMILES string of the molecule is CCCNC(=O)[C@@H](Cc1ccccc1)N(Cc1c(Cl)cccc1Cl)C(=O)COc1ccc(Br)cc1Cl. The Labute approximate surface area is 234 Å². The first-order chi connectivity index (χ1) is 17.3. The van der Waals surface area contributed by atoms with Crippen molar-refractivity contribution in [3.63, 3.8) is 0 Å². The number of hydrogen-bond acceptors (Lipinski definition) is 3. The van der Waals surface area contributed by atoms with E-state index in [1.165, 1.54) is 4.90 Å². The van der Waals surface area contributed by atoms with Crippen LogP contribution in [0.2, 0.25) is 15.1 Å². The van der Waals surface area contributed by atoms with Gasteiger partial charge >= 0.3 is 0 Å². The first-order valence-corrected chi connectivity index (χ1v) is 13.3. The Kier molecular flexibility index (Phi) is 10.9. The highest BCUT2D eigenvalue weighted by Crippen LogP contribution is 2.29. The highest BCUT2D eigenvalue weighted by atomic mass is 79.9. The highest BCUT2D eigenvalue weighted by Gasteiger charge is 2.31. The van der Waals surface area contributed by atoms with Crippen molar-refractivity contribution in [2.24, 2.45) is 0 Å². The summed E-state index contributed by atoms with van der Waals surface area (Å²) in [6, 6.07) is 19.0. The second kappa shape index (κ2) is 13.9. The van der Waals surface area contributed by atoms with Gasteiger partial charge in [0, 0.05) is 39.6 Å².